The summed E-state index contributed by atoms with van der Waals surface area (Å²) in [5.74, 6) is 0.508. The lowest BCUT2D eigenvalue weighted by atomic mass is 9.96. The van der Waals surface area contributed by atoms with E-state index in [1.165, 1.54) is 59.8 Å². The van der Waals surface area contributed by atoms with Gasteiger partial charge in [0.15, 0.2) is 0 Å². The number of benzene rings is 4. The highest BCUT2D eigenvalue weighted by molar-refractivity contribution is 6.33. The van der Waals surface area contributed by atoms with Crippen LogP contribution in [0.15, 0.2) is 84.6 Å². The smallest absolute Gasteiger partial charge is 0.0742 e. The Morgan fingerprint density at radius 3 is 2.23 bits per heavy atom. The van der Waals surface area contributed by atoms with Gasteiger partial charge in [-0.2, -0.15) is 0 Å². The second-order valence-electron chi connectivity index (χ2n) is 9.03. The molecule has 1 atom stereocenters. The summed E-state index contributed by atoms with van der Waals surface area (Å²) in [5.41, 5.74) is 5.64. The molecule has 7 rings (SSSR count). The van der Waals surface area contributed by atoms with Gasteiger partial charge in [-0.15, -0.1) is 0 Å². The Bertz CT molecular complexity index is 1710. The number of aromatic nitrogens is 2. The molecular weight excluding hydrogens is 376 g/mol. The van der Waals surface area contributed by atoms with Crippen LogP contribution < -0.4 is 0 Å². The van der Waals surface area contributed by atoms with Gasteiger partial charge in [-0.05, 0) is 35.1 Å². The maximum Gasteiger partial charge on any atom is 0.0742 e. The van der Waals surface area contributed by atoms with Crippen molar-refractivity contribution in [1.82, 2.24) is 9.13 Å². The molecule has 0 saturated carbocycles. The fraction of sp³-hybridized carbons (Fsp3) is 0.172. The molecule has 3 heterocycles. The molecule has 1 aliphatic heterocycles. The van der Waals surface area contributed by atoms with Crippen molar-refractivity contribution in [3.63, 3.8) is 0 Å². The van der Waals surface area contributed by atoms with Crippen molar-refractivity contribution in [2.75, 3.05) is 0 Å². The van der Waals surface area contributed by atoms with Gasteiger partial charge in [-0.1, -0.05) is 79.2 Å². The fourth-order valence-electron chi connectivity index (χ4n) is 5.98. The number of fused-ring (bicyclic) bond motifs is 8. The molecule has 0 aliphatic carbocycles. The molecular formula is C29H24N2. The highest BCUT2D eigenvalue weighted by atomic mass is 15.0. The summed E-state index contributed by atoms with van der Waals surface area (Å²) in [5, 5.41) is 9.48. The monoisotopic (exact) mass is 400 g/mol. The SMILES string of the molecule is C/C=C1/Cn2c3c4ccccc4c4ccccc4c3c3ccc4ccn(c4c32)CC1C. The van der Waals surface area contributed by atoms with Crippen LogP contribution in [0, 0.1) is 5.92 Å². The molecule has 0 spiro atoms. The molecule has 2 heteroatoms. The van der Waals surface area contributed by atoms with E-state index < -0.39 is 0 Å². The molecule has 2 nitrogen and oxygen atoms in total. The molecule has 31 heavy (non-hydrogen) atoms. The van der Waals surface area contributed by atoms with Crippen LogP contribution in [0.3, 0.4) is 0 Å². The summed E-state index contributed by atoms with van der Waals surface area (Å²) in [6.45, 7) is 6.54. The maximum atomic E-state index is 2.61. The quantitative estimate of drug-likeness (QED) is 0.183. The Morgan fingerprint density at radius 2 is 1.45 bits per heavy atom. The minimum absolute atomic E-state index is 0.508. The van der Waals surface area contributed by atoms with Crippen molar-refractivity contribution in [1.29, 1.82) is 0 Å². The van der Waals surface area contributed by atoms with Crippen LogP contribution in [-0.4, -0.2) is 9.13 Å². The van der Waals surface area contributed by atoms with Gasteiger partial charge in [-0.25, -0.2) is 0 Å². The Kier molecular flexibility index (Phi) is 3.33. The van der Waals surface area contributed by atoms with Gasteiger partial charge in [0.1, 0.15) is 0 Å². The minimum atomic E-state index is 0.508. The van der Waals surface area contributed by atoms with Crippen LogP contribution in [0.4, 0.5) is 0 Å². The van der Waals surface area contributed by atoms with E-state index in [4.69, 9.17) is 0 Å². The van der Waals surface area contributed by atoms with Gasteiger partial charge in [0, 0.05) is 40.8 Å². The van der Waals surface area contributed by atoms with E-state index in [0.29, 0.717) is 5.92 Å². The van der Waals surface area contributed by atoms with Crippen molar-refractivity contribution in [2.45, 2.75) is 26.9 Å². The molecule has 0 bridgehead atoms. The molecule has 1 unspecified atom stereocenters. The van der Waals surface area contributed by atoms with Crippen LogP contribution in [0.5, 0.6) is 0 Å². The molecule has 6 aromatic rings. The van der Waals surface area contributed by atoms with Crippen LogP contribution in [-0.2, 0) is 13.1 Å². The average Bonchev–Trinajstić information content (AvgIpc) is 3.35. The molecule has 2 aromatic heterocycles. The Balaban J connectivity index is 1.85. The lowest BCUT2D eigenvalue weighted by Gasteiger charge is -2.23. The molecule has 4 aromatic carbocycles. The third-order valence-electron chi connectivity index (χ3n) is 7.43. The first-order valence-corrected chi connectivity index (χ1v) is 11.2. The Labute approximate surface area is 181 Å². The predicted octanol–water partition coefficient (Wildman–Crippen LogP) is 7.65. The highest BCUT2D eigenvalue weighted by Gasteiger charge is 2.24. The van der Waals surface area contributed by atoms with E-state index in [1.807, 2.05) is 0 Å². The molecule has 0 N–H and O–H groups in total. The Hall–Kier alpha value is -3.52. The number of hydrogen-bond acceptors (Lipinski definition) is 0. The van der Waals surface area contributed by atoms with E-state index in [-0.39, 0.29) is 0 Å². The van der Waals surface area contributed by atoms with Crippen molar-refractivity contribution >= 4 is 54.3 Å². The van der Waals surface area contributed by atoms with Crippen molar-refractivity contribution in [3.8, 4) is 0 Å². The molecule has 0 radical (unpaired) electrons. The number of rotatable bonds is 0. The van der Waals surface area contributed by atoms with Gasteiger partial charge < -0.3 is 9.13 Å². The van der Waals surface area contributed by atoms with Crippen molar-refractivity contribution in [2.24, 2.45) is 5.92 Å². The van der Waals surface area contributed by atoms with Crippen molar-refractivity contribution < 1.29 is 0 Å². The summed E-state index contributed by atoms with van der Waals surface area (Å²) in [6.07, 6.45) is 4.61. The zero-order chi connectivity index (χ0) is 20.7. The number of hydrogen-bond donors (Lipinski definition) is 0. The molecule has 1 aliphatic rings. The summed E-state index contributed by atoms with van der Waals surface area (Å²) in [6, 6.07) is 24.8. The first kappa shape index (κ1) is 17.2. The third kappa shape index (κ3) is 2.12. The topological polar surface area (TPSA) is 9.86 Å². The lowest BCUT2D eigenvalue weighted by Crippen LogP contribution is -2.16. The van der Waals surface area contributed by atoms with Crippen LogP contribution >= 0.6 is 0 Å². The van der Waals surface area contributed by atoms with Gasteiger partial charge in [0.05, 0.1) is 16.6 Å². The zero-order valence-electron chi connectivity index (χ0n) is 17.9. The van der Waals surface area contributed by atoms with Gasteiger partial charge >= 0.3 is 0 Å². The van der Waals surface area contributed by atoms with Gasteiger partial charge in [0.25, 0.3) is 0 Å². The second-order valence-corrected chi connectivity index (χ2v) is 9.03. The summed E-state index contributed by atoms with van der Waals surface area (Å²) >= 11 is 0. The van der Waals surface area contributed by atoms with E-state index >= 15 is 0 Å². The largest absolute Gasteiger partial charge is 0.345 e. The van der Waals surface area contributed by atoms with Crippen molar-refractivity contribution in [3.05, 3.63) is 84.6 Å². The van der Waals surface area contributed by atoms with E-state index in [1.54, 1.807) is 0 Å². The van der Waals surface area contributed by atoms with E-state index in [2.05, 4.69) is 102 Å². The summed E-state index contributed by atoms with van der Waals surface area (Å²) in [4.78, 5) is 0. The molecule has 0 amide bonds. The lowest BCUT2D eigenvalue weighted by molar-refractivity contribution is 0.526. The number of nitrogens with zero attached hydrogens (tertiary/aromatic N) is 2. The van der Waals surface area contributed by atoms with E-state index in [9.17, 15) is 0 Å². The maximum absolute atomic E-state index is 2.61. The van der Waals surface area contributed by atoms with Gasteiger partial charge in [0.2, 0.25) is 0 Å². The summed E-state index contributed by atoms with van der Waals surface area (Å²) < 4.78 is 5.09. The normalized spacial score (nSPS) is 18.1. The fourth-order valence-corrected chi connectivity index (χ4v) is 5.98. The average molecular weight is 401 g/mol. The molecule has 150 valence electrons. The first-order valence-electron chi connectivity index (χ1n) is 11.2. The standard InChI is InChI=1S/C29H24N2/c1-3-19-17-31-28-24-11-7-5-9-22(24)21-8-4-6-10-23(21)26(28)25-13-12-20-14-15-30(16-18(19)2)27(20)29(25)31/h3-15,18H,16-17H2,1-2H3/b19-3-. The molecule has 0 saturated heterocycles. The molecule has 0 fully saturated rings. The van der Waals surface area contributed by atoms with Crippen LogP contribution in [0.1, 0.15) is 13.8 Å². The Morgan fingerprint density at radius 1 is 0.742 bits per heavy atom. The summed E-state index contributed by atoms with van der Waals surface area (Å²) in [7, 11) is 0. The zero-order valence-corrected chi connectivity index (χ0v) is 17.9. The third-order valence-corrected chi connectivity index (χ3v) is 7.43. The van der Waals surface area contributed by atoms with Gasteiger partial charge in [-0.3, -0.25) is 0 Å². The van der Waals surface area contributed by atoms with E-state index in [0.717, 1.165) is 13.1 Å². The van der Waals surface area contributed by atoms with Crippen LogP contribution in [0.25, 0.3) is 54.3 Å². The second kappa shape index (κ2) is 6.01. The first-order chi connectivity index (χ1) is 15.3. The highest BCUT2D eigenvalue weighted by Crippen LogP contribution is 2.44. The number of allylic oxidation sites excluding steroid dienone is 2. The van der Waals surface area contributed by atoms with Crippen LogP contribution in [0.2, 0.25) is 0 Å². The minimum Gasteiger partial charge on any atom is -0.345 e. The predicted molar refractivity (Wildman–Crippen MR) is 133 cm³/mol.